The fraction of sp³-hybridized carbons (Fsp3) is 0.222. The third-order valence-corrected chi connectivity index (χ3v) is 9.98. The first-order valence-corrected chi connectivity index (χ1v) is 16.2. The van der Waals surface area contributed by atoms with Crippen LogP contribution in [-0.2, 0) is 35.7 Å². The van der Waals surface area contributed by atoms with Crippen LogP contribution >= 0.6 is 23.4 Å². The number of hydrogen-bond acceptors (Lipinski definition) is 7. The molecule has 0 aromatic heterocycles. The molecule has 3 atom stereocenters. The number of rotatable bonds is 6. The highest BCUT2D eigenvalue weighted by atomic mass is 79.9. The van der Waals surface area contributed by atoms with Gasteiger partial charge < -0.3 is 9.84 Å². The number of anilines is 2. The molecule has 0 bridgehead atoms. The highest BCUT2D eigenvalue weighted by molar-refractivity contribution is 9.10. The molecular weight excluding hydrogens is 605 g/mol. The van der Waals surface area contributed by atoms with Gasteiger partial charge in [-0.15, -0.1) is 0 Å². The maximum Gasteiger partial charge on any atom is 0.348 e. The first kappa shape index (κ1) is 27.5. The smallest absolute Gasteiger partial charge is 0.342 e. The van der Waals surface area contributed by atoms with Gasteiger partial charge in [0.15, 0.2) is 11.6 Å². The van der Waals surface area contributed by atoms with E-state index >= 15 is 0 Å². The number of ketones is 2. The number of nitrogens with zero attached hydrogens (tertiary/aromatic N) is 1. The van der Waals surface area contributed by atoms with Gasteiger partial charge in [-0.3, -0.25) is 18.9 Å². The SMILES string of the molecule is COP1(=O)N=C(C2C(=O)c3ccccc3C(C)(Cc3cccc(Br)c3)C2=O)Nc2ccc(NS(C)(=O)=O)cc21. The van der Waals surface area contributed by atoms with E-state index in [4.69, 9.17) is 4.52 Å². The van der Waals surface area contributed by atoms with Gasteiger partial charge in [-0.25, -0.2) is 8.42 Å². The van der Waals surface area contributed by atoms with Crippen LogP contribution in [0.3, 0.4) is 0 Å². The Hall–Kier alpha value is -3.11. The third kappa shape index (κ3) is 5.00. The quantitative estimate of drug-likeness (QED) is 0.299. The Balaban J connectivity index is 1.61. The van der Waals surface area contributed by atoms with Crippen LogP contribution in [0.1, 0.15) is 28.4 Å². The fourth-order valence-corrected chi connectivity index (χ4v) is 7.74. The summed E-state index contributed by atoms with van der Waals surface area (Å²) in [4.78, 5) is 28.1. The molecule has 1 aliphatic heterocycles. The summed E-state index contributed by atoms with van der Waals surface area (Å²) in [6, 6.07) is 19.0. The standard InChI is InChI=1S/C27H25BrN3O6PS/c1-27(15-16-7-6-8-17(28)13-16)20-10-5-4-9-19(20)24(32)23(25(27)33)26-29-21-12-11-18(31-39(3,35)36)14-22(21)38(34,30-26)37-2/h4-14,23,31H,15H2,1-3H3,(H,29,30,34). The van der Waals surface area contributed by atoms with Crippen molar-refractivity contribution in [3.63, 3.8) is 0 Å². The van der Waals surface area contributed by atoms with Crippen LogP contribution < -0.4 is 15.3 Å². The molecule has 0 amide bonds. The predicted octanol–water partition coefficient (Wildman–Crippen LogP) is 4.69. The molecule has 5 rings (SSSR count). The second-order valence-corrected chi connectivity index (χ2v) is 14.5. The monoisotopic (exact) mass is 629 g/mol. The van der Waals surface area contributed by atoms with Gasteiger partial charge in [-0.1, -0.05) is 52.3 Å². The van der Waals surface area contributed by atoms with E-state index in [0.29, 0.717) is 23.2 Å². The van der Waals surface area contributed by atoms with Gasteiger partial charge in [0, 0.05) is 22.8 Å². The zero-order valence-electron chi connectivity index (χ0n) is 21.3. The number of carbonyl (C=O) groups is 2. The number of halogens is 1. The van der Waals surface area contributed by atoms with E-state index in [1.54, 1.807) is 24.3 Å². The Labute approximate surface area is 234 Å². The Bertz CT molecular complexity index is 1720. The van der Waals surface area contributed by atoms with Gasteiger partial charge in [-0.2, -0.15) is 4.76 Å². The topological polar surface area (TPSA) is 131 Å². The lowest BCUT2D eigenvalue weighted by Gasteiger charge is -2.39. The van der Waals surface area contributed by atoms with Crippen LogP contribution in [0.5, 0.6) is 0 Å². The van der Waals surface area contributed by atoms with Crippen molar-refractivity contribution < 1.29 is 27.1 Å². The lowest BCUT2D eigenvalue weighted by molar-refractivity contribution is -0.125. The van der Waals surface area contributed by atoms with E-state index in [1.165, 1.54) is 25.3 Å². The van der Waals surface area contributed by atoms with Gasteiger partial charge in [0.25, 0.3) is 0 Å². The Kier molecular flexibility index (Phi) is 6.91. The van der Waals surface area contributed by atoms with Crippen LogP contribution in [0.4, 0.5) is 11.4 Å². The minimum Gasteiger partial charge on any atom is -0.342 e. The van der Waals surface area contributed by atoms with E-state index in [9.17, 15) is 22.6 Å². The first-order chi connectivity index (χ1) is 18.3. The maximum absolute atomic E-state index is 14.3. The number of Topliss-reactive ketones (excluding diaryl/α,β-unsaturated/α-hetero) is 2. The van der Waals surface area contributed by atoms with Crippen molar-refractivity contribution in [1.29, 1.82) is 0 Å². The maximum atomic E-state index is 14.3. The molecule has 1 aliphatic carbocycles. The van der Waals surface area contributed by atoms with Crippen LogP contribution in [-0.4, -0.2) is 39.2 Å². The number of sulfonamides is 1. The van der Waals surface area contributed by atoms with E-state index in [1.807, 2.05) is 31.2 Å². The van der Waals surface area contributed by atoms with Crippen molar-refractivity contribution in [2.75, 3.05) is 23.4 Å². The van der Waals surface area contributed by atoms with E-state index in [-0.39, 0.29) is 22.6 Å². The third-order valence-electron chi connectivity index (χ3n) is 6.93. The molecule has 1 heterocycles. The number of nitrogens with one attached hydrogen (secondary N) is 2. The highest BCUT2D eigenvalue weighted by Gasteiger charge is 2.52. The normalized spacial score (nSPS) is 24.3. The zero-order valence-corrected chi connectivity index (χ0v) is 24.6. The molecule has 0 saturated heterocycles. The molecule has 0 radical (unpaired) electrons. The molecule has 2 aliphatic rings. The summed E-state index contributed by atoms with van der Waals surface area (Å²) in [6.45, 7) is 1.81. The molecular formula is C27H25BrN3O6PS. The summed E-state index contributed by atoms with van der Waals surface area (Å²) in [5.41, 5.74) is 1.32. The van der Waals surface area contributed by atoms with Gasteiger partial charge >= 0.3 is 7.52 Å². The molecule has 3 aromatic rings. The molecule has 2 N–H and O–H groups in total. The van der Waals surface area contributed by atoms with Gasteiger partial charge in [0.2, 0.25) is 10.0 Å². The molecule has 3 unspecified atom stereocenters. The first-order valence-electron chi connectivity index (χ1n) is 11.9. The summed E-state index contributed by atoms with van der Waals surface area (Å²) in [5.74, 6) is -2.24. The Morgan fingerprint density at radius 2 is 1.85 bits per heavy atom. The average Bonchev–Trinajstić information content (AvgIpc) is 2.87. The molecule has 9 nitrogen and oxygen atoms in total. The van der Waals surface area contributed by atoms with Crippen molar-refractivity contribution in [1.82, 2.24) is 0 Å². The van der Waals surface area contributed by atoms with Gasteiger partial charge in [0.05, 0.1) is 22.7 Å². The second-order valence-electron chi connectivity index (χ2n) is 9.77. The molecule has 12 heteroatoms. The Morgan fingerprint density at radius 1 is 1.10 bits per heavy atom. The number of amidine groups is 1. The lowest BCUT2D eigenvalue weighted by atomic mass is 9.63. The van der Waals surface area contributed by atoms with Crippen LogP contribution in [0.25, 0.3) is 0 Å². The molecule has 0 fully saturated rings. The van der Waals surface area contributed by atoms with Crippen molar-refractivity contribution in [2.45, 2.75) is 18.8 Å². The van der Waals surface area contributed by atoms with Gasteiger partial charge in [-0.05, 0) is 54.8 Å². The van der Waals surface area contributed by atoms with E-state index in [0.717, 1.165) is 16.3 Å². The Morgan fingerprint density at radius 3 is 2.54 bits per heavy atom. The fourth-order valence-electron chi connectivity index (χ4n) is 5.17. The molecule has 0 saturated carbocycles. The molecule has 3 aromatic carbocycles. The largest absolute Gasteiger partial charge is 0.348 e. The van der Waals surface area contributed by atoms with Crippen molar-refractivity contribution >= 4 is 67.6 Å². The zero-order chi connectivity index (χ0) is 28.2. The number of hydrogen-bond donors (Lipinski definition) is 2. The van der Waals surface area contributed by atoms with Gasteiger partial charge in [0.1, 0.15) is 11.8 Å². The van der Waals surface area contributed by atoms with Crippen LogP contribution in [0.15, 0.2) is 76.0 Å². The van der Waals surface area contributed by atoms with Crippen molar-refractivity contribution in [3.8, 4) is 0 Å². The molecule has 0 spiro atoms. The summed E-state index contributed by atoms with van der Waals surface area (Å²) < 4.78 is 50.2. The summed E-state index contributed by atoms with van der Waals surface area (Å²) >= 11 is 3.48. The van der Waals surface area contributed by atoms with E-state index < -0.39 is 34.7 Å². The summed E-state index contributed by atoms with van der Waals surface area (Å²) in [6.07, 6.45) is 1.33. The number of carbonyl (C=O) groups excluding carboxylic acids is 2. The predicted molar refractivity (Wildman–Crippen MR) is 155 cm³/mol. The second kappa shape index (κ2) is 9.82. The minimum atomic E-state index is -3.97. The molecule has 39 heavy (non-hydrogen) atoms. The minimum absolute atomic E-state index is 0.0681. The van der Waals surface area contributed by atoms with Crippen LogP contribution in [0.2, 0.25) is 0 Å². The van der Waals surface area contributed by atoms with Crippen LogP contribution in [0, 0.1) is 5.92 Å². The summed E-state index contributed by atoms with van der Waals surface area (Å²) in [7, 11) is -6.35. The number of fused-ring (bicyclic) bond motifs is 2. The lowest BCUT2D eigenvalue weighted by Crippen LogP contribution is -2.52. The average molecular weight is 630 g/mol. The van der Waals surface area contributed by atoms with Crippen molar-refractivity contribution in [3.05, 3.63) is 87.9 Å². The number of benzene rings is 3. The van der Waals surface area contributed by atoms with E-state index in [2.05, 4.69) is 30.7 Å². The summed E-state index contributed by atoms with van der Waals surface area (Å²) in [5, 5.41) is 3.14. The van der Waals surface area contributed by atoms with Crippen molar-refractivity contribution in [2.24, 2.45) is 10.7 Å². The highest BCUT2D eigenvalue weighted by Crippen LogP contribution is 2.52. The molecule has 202 valence electrons.